The highest BCUT2D eigenvalue weighted by Crippen LogP contribution is 2.38. The Kier molecular flexibility index (Phi) is 37.6. The summed E-state index contributed by atoms with van der Waals surface area (Å²) in [7, 11) is 1.15. The maximum absolute atomic E-state index is 12.7. The lowest BCUT2D eigenvalue weighted by atomic mass is 10.1. The fourth-order valence-electron chi connectivity index (χ4n) is 5.76. The van der Waals surface area contributed by atoms with E-state index >= 15 is 0 Å². The van der Waals surface area contributed by atoms with Gasteiger partial charge in [0.25, 0.3) is 7.82 Å². The first-order valence-corrected chi connectivity index (χ1v) is 24.0. The summed E-state index contributed by atoms with van der Waals surface area (Å²) in [6.45, 7) is 4.06. The fourth-order valence-corrected chi connectivity index (χ4v) is 6.49. The van der Waals surface area contributed by atoms with Gasteiger partial charge in [-0.3, -0.25) is 14.2 Å². The number of esters is 2. The van der Waals surface area contributed by atoms with Crippen LogP contribution in [0.3, 0.4) is 0 Å². The number of nitrogens with zero attached hydrogens (tertiary/aromatic N) is 1. The normalized spacial score (nSPS) is 14.1. The third-order valence-corrected chi connectivity index (χ3v) is 10.2. The van der Waals surface area contributed by atoms with Gasteiger partial charge in [-0.15, -0.1) is 0 Å². The molecule has 0 aliphatic carbocycles. The summed E-state index contributed by atoms with van der Waals surface area (Å²) in [6, 6.07) is 0. The van der Waals surface area contributed by atoms with Gasteiger partial charge in [-0.1, -0.05) is 145 Å². The van der Waals surface area contributed by atoms with Crippen molar-refractivity contribution in [2.45, 2.75) is 180 Å². The molecule has 0 spiro atoms. The molecule has 0 N–H and O–H groups in total. The Bertz CT molecular complexity index is 1160. The highest BCUT2D eigenvalue weighted by molar-refractivity contribution is 7.45. The maximum atomic E-state index is 12.7. The van der Waals surface area contributed by atoms with Gasteiger partial charge in [0, 0.05) is 12.8 Å². The average Bonchev–Trinajstić information content (AvgIpc) is 3.16. The first kappa shape index (κ1) is 54.7. The van der Waals surface area contributed by atoms with Crippen LogP contribution in [0, 0.1) is 0 Å². The van der Waals surface area contributed by atoms with Crippen molar-refractivity contribution in [1.29, 1.82) is 0 Å². The number of carbonyl (C=O) groups excluding carboxylic acids is 2. The quantitative estimate of drug-likeness (QED) is 0.0197. The van der Waals surface area contributed by atoms with Crippen LogP contribution in [0.4, 0.5) is 0 Å². The van der Waals surface area contributed by atoms with Crippen molar-refractivity contribution in [3.63, 3.8) is 0 Å². The van der Waals surface area contributed by atoms with E-state index in [-0.39, 0.29) is 26.1 Å². The smallest absolute Gasteiger partial charge is 0.306 e. The standard InChI is InChI=1S/C47H84NO8P/c1-6-8-10-12-14-16-18-20-21-22-23-24-25-26-27-28-30-32-34-36-38-40-47(50)56-45(44-55-57(51,52)54-42-41-48(3,4)5)43-53-46(49)39-37-35-33-31-29-19-17-15-13-11-9-7-2/h8,10,14-17,20-21,23-24,45H,6-7,9,11-13,18-19,22,25-44H2,1-5H3/b10-8-,16-14-,17-15-,21-20-,24-23-. The Morgan fingerprint density at radius 1 is 0.561 bits per heavy atom. The Balaban J connectivity index is 4.34. The highest BCUT2D eigenvalue weighted by atomic mass is 31.2. The van der Waals surface area contributed by atoms with Crippen LogP contribution in [0.5, 0.6) is 0 Å². The third kappa shape index (κ3) is 43.1. The number of carbonyl (C=O) groups is 2. The first-order chi connectivity index (χ1) is 27.5. The van der Waals surface area contributed by atoms with E-state index in [0.29, 0.717) is 23.9 Å². The zero-order valence-electron chi connectivity index (χ0n) is 37.0. The largest absolute Gasteiger partial charge is 0.756 e. The van der Waals surface area contributed by atoms with Gasteiger partial charge in [-0.25, -0.2) is 0 Å². The summed E-state index contributed by atoms with van der Waals surface area (Å²) < 4.78 is 33.9. The lowest BCUT2D eigenvalue weighted by Gasteiger charge is -2.28. The van der Waals surface area contributed by atoms with Crippen LogP contribution in [0.2, 0.25) is 0 Å². The van der Waals surface area contributed by atoms with Gasteiger partial charge >= 0.3 is 11.9 Å². The average molecular weight is 822 g/mol. The van der Waals surface area contributed by atoms with Crippen LogP contribution in [0.25, 0.3) is 0 Å². The molecule has 2 unspecified atom stereocenters. The van der Waals surface area contributed by atoms with Crippen molar-refractivity contribution in [3.8, 4) is 0 Å². The Labute approximate surface area is 349 Å². The predicted octanol–water partition coefficient (Wildman–Crippen LogP) is 12.2. The summed E-state index contributed by atoms with van der Waals surface area (Å²) in [5.41, 5.74) is 0. The van der Waals surface area contributed by atoms with Crippen molar-refractivity contribution in [2.75, 3.05) is 47.5 Å². The van der Waals surface area contributed by atoms with E-state index in [0.717, 1.165) is 83.5 Å². The zero-order chi connectivity index (χ0) is 42.1. The summed E-state index contributed by atoms with van der Waals surface area (Å²) in [5.74, 6) is -0.858. The van der Waals surface area contributed by atoms with Gasteiger partial charge < -0.3 is 27.9 Å². The molecule has 330 valence electrons. The van der Waals surface area contributed by atoms with Crippen LogP contribution in [0.15, 0.2) is 60.8 Å². The molecule has 0 aromatic heterocycles. The highest BCUT2D eigenvalue weighted by Gasteiger charge is 2.21. The molecule has 0 heterocycles. The van der Waals surface area contributed by atoms with E-state index in [4.69, 9.17) is 18.5 Å². The number of quaternary nitrogens is 1. The fraction of sp³-hybridized carbons (Fsp3) is 0.745. The Hall–Kier alpha value is -2.29. The summed E-state index contributed by atoms with van der Waals surface area (Å²) in [5, 5.41) is 0. The number of allylic oxidation sites excluding steroid dienone is 10. The topological polar surface area (TPSA) is 111 Å². The van der Waals surface area contributed by atoms with Crippen molar-refractivity contribution in [3.05, 3.63) is 60.8 Å². The van der Waals surface area contributed by atoms with E-state index in [1.54, 1.807) is 0 Å². The zero-order valence-corrected chi connectivity index (χ0v) is 37.9. The number of rotatable bonds is 40. The van der Waals surface area contributed by atoms with Crippen LogP contribution in [-0.4, -0.2) is 70.0 Å². The molecule has 57 heavy (non-hydrogen) atoms. The van der Waals surface area contributed by atoms with E-state index in [2.05, 4.69) is 74.6 Å². The van der Waals surface area contributed by atoms with Crippen LogP contribution >= 0.6 is 7.82 Å². The first-order valence-electron chi connectivity index (χ1n) is 22.5. The second-order valence-electron chi connectivity index (χ2n) is 16.0. The number of likely N-dealkylation sites (N-methyl/N-ethyl adjacent to an activating group) is 1. The molecule has 0 aliphatic rings. The summed E-state index contributed by atoms with van der Waals surface area (Å²) >= 11 is 0. The maximum Gasteiger partial charge on any atom is 0.306 e. The molecule has 0 aliphatic heterocycles. The van der Waals surface area contributed by atoms with Gasteiger partial charge in [-0.2, -0.15) is 0 Å². The predicted molar refractivity (Wildman–Crippen MR) is 236 cm³/mol. The van der Waals surface area contributed by atoms with Gasteiger partial charge in [0.05, 0.1) is 27.7 Å². The molecule has 0 rings (SSSR count). The van der Waals surface area contributed by atoms with Crippen LogP contribution in [0.1, 0.15) is 174 Å². The molecule has 0 bridgehead atoms. The minimum Gasteiger partial charge on any atom is -0.756 e. The molecule has 0 radical (unpaired) electrons. The molecule has 0 saturated carbocycles. The molecular weight excluding hydrogens is 737 g/mol. The van der Waals surface area contributed by atoms with E-state index in [1.165, 1.54) is 51.4 Å². The number of hydrogen-bond acceptors (Lipinski definition) is 8. The van der Waals surface area contributed by atoms with Gasteiger partial charge in [0.1, 0.15) is 19.8 Å². The van der Waals surface area contributed by atoms with E-state index in [1.807, 2.05) is 21.1 Å². The summed E-state index contributed by atoms with van der Waals surface area (Å²) in [6.07, 6.45) is 46.7. The SMILES string of the molecule is CC/C=C\C/C=C\C/C=C\C/C=C\CCCCCCCCCCC(=O)OC(COC(=O)CCCCCCC/C=C\CCCCC)COP(=O)([O-])OCC[N+](C)(C)C. The van der Waals surface area contributed by atoms with Crippen molar-refractivity contribution in [1.82, 2.24) is 0 Å². The van der Waals surface area contributed by atoms with E-state index in [9.17, 15) is 19.0 Å². The molecule has 0 fully saturated rings. The number of ether oxygens (including phenoxy) is 2. The minimum absolute atomic E-state index is 0.0362. The summed E-state index contributed by atoms with van der Waals surface area (Å²) in [4.78, 5) is 37.5. The Morgan fingerprint density at radius 3 is 1.51 bits per heavy atom. The Morgan fingerprint density at radius 2 is 1.00 bits per heavy atom. The van der Waals surface area contributed by atoms with E-state index < -0.39 is 32.5 Å². The monoisotopic (exact) mass is 822 g/mol. The van der Waals surface area contributed by atoms with Crippen molar-refractivity contribution >= 4 is 19.8 Å². The molecule has 0 amide bonds. The molecule has 0 saturated heterocycles. The van der Waals surface area contributed by atoms with Crippen LogP contribution in [-0.2, 0) is 32.7 Å². The molecule has 2 atom stereocenters. The molecule has 9 nitrogen and oxygen atoms in total. The van der Waals surface area contributed by atoms with Gasteiger partial charge in [0.15, 0.2) is 6.10 Å². The van der Waals surface area contributed by atoms with Gasteiger partial charge in [-0.05, 0) is 77.0 Å². The lowest BCUT2D eigenvalue weighted by Crippen LogP contribution is -2.37. The number of phosphoric ester groups is 1. The molecular formula is C47H84NO8P. The number of hydrogen-bond donors (Lipinski definition) is 0. The molecule has 0 aromatic rings. The molecule has 10 heteroatoms. The second kappa shape index (κ2) is 39.2. The van der Waals surface area contributed by atoms with Crippen molar-refractivity contribution in [2.24, 2.45) is 0 Å². The van der Waals surface area contributed by atoms with Gasteiger partial charge in [0.2, 0.25) is 0 Å². The minimum atomic E-state index is -4.63. The number of phosphoric acid groups is 1. The third-order valence-electron chi connectivity index (χ3n) is 9.27. The van der Waals surface area contributed by atoms with Crippen molar-refractivity contribution < 1.29 is 42.1 Å². The van der Waals surface area contributed by atoms with Crippen LogP contribution < -0.4 is 4.89 Å². The lowest BCUT2D eigenvalue weighted by molar-refractivity contribution is -0.870. The second-order valence-corrected chi connectivity index (χ2v) is 17.4. The number of unbranched alkanes of at least 4 members (excludes halogenated alkanes) is 16. The molecule has 0 aromatic carbocycles.